The lowest BCUT2D eigenvalue weighted by Gasteiger charge is -2.05. The maximum Gasteiger partial charge on any atom is 0.216 e. The SMILES string of the molecule is COCC(N)C(=O)c1cc2cc(C)ccc2o1. The minimum Gasteiger partial charge on any atom is -0.453 e. The molecule has 1 unspecified atom stereocenters. The van der Waals surface area contributed by atoms with Crippen LogP contribution in [0.3, 0.4) is 0 Å². The third-order valence-corrected chi connectivity index (χ3v) is 2.60. The van der Waals surface area contributed by atoms with Crippen molar-refractivity contribution in [3.8, 4) is 0 Å². The van der Waals surface area contributed by atoms with Crippen molar-refractivity contribution in [2.45, 2.75) is 13.0 Å². The van der Waals surface area contributed by atoms with Crippen LogP contribution in [-0.4, -0.2) is 25.5 Å². The fourth-order valence-corrected chi connectivity index (χ4v) is 1.72. The van der Waals surface area contributed by atoms with Crippen molar-refractivity contribution < 1.29 is 13.9 Å². The normalized spacial score (nSPS) is 12.9. The molecule has 2 N–H and O–H groups in total. The zero-order valence-electron chi connectivity index (χ0n) is 9.90. The summed E-state index contributed by atoms with van der Waals surface area (Å²) in [5, 5.41) is 0.915. The number of furan rings is 1. The van der Waals surface area contributed by atoms with Gasteiger partial charge in [0.05, 0.1) is 12.6 Å². The van der Waals surface area contributed by atoms with Gasteiger partial charge in [-0.05, 0) is 25.1 Å². The van der Waals surface area contributed by atoms with Crippen LogP contribution in [0.1, 0.15) is 16.1 Å². The van der Waals surface area contributed by atoms with Gasteiger partial charge in [-0.15, -0.1) is 0 Å². The zero-order chi connectivity index (χ0) is 12.4. The molecule has 2 rings (SSSR count). The first-order valence-corrected chi connectivity index (χ1v) is 5.40. The van der Waals surface area contributed by atoms with Gasteiger partial charge < -0.3 is 14.9 Å². The Kier molecular flexibility index (Phi) is 3.26. The Bertz CT molecular complexity index is 545. The number of methoxy groups -OCH3 is 1. The Morgan fingerprint density at radius 2 is 2.24 bits per heavy atom. The molecule has 2 aromatic rings. The van der Waals surface area contributed by atoms with Gasteiger partial charge >= 0.3 is 0 Å². The molecule has 0 fully saturated rings. The van der Waals surface area contributed by atoms with Gasteiger partial charge in [0.15, 0.2) is 5.76 Å². The number of fused-ring (bicyclic) bond motifs is 1. The number of Topliss-reactive ketones (excluding diaryl/α,β-unsaturated/α-hetero) is 1. The quantitative estimate of drug-likeness (QED) is 0.819. The summed E-state index contributed by atoms with van der Waals surface area (Å²) in [4.78, 5) is 11.9. The minimum atomic E-state index is -0.679. The van der Waals surface area contributed by atoms with E-state index in [4.69, 9.17) is 14.9 Å². The molecular formula is C13H15NO3. The van der Waals surface area contributed by atoms with Crippen molar-refractivity contribution in [3.05, 3.63) is 35.6 Å². The number of ether oxygens (including phenoxy) is 1. The zero-order valence-corrected chi connectivity index (χ0v) is 9.90. The lowest BCUT2D eigenvalue weighted by Crippen LogP contribution is -2.34. The average molecular weight is 233 g/mol. The van der Waals surface area contributed by atoms with E-state index in [0.29, 0.717) is 5.58 Å². The number of aryl methyl sites for hydroxylation is 1. The molecule has 0 aliphatic heterocycles. The van der Waals surface area contributed by atoms with Gasteiger partial charge in [-0.1, -0.05) is 11.6 Å². The third-order valence-electron chi connectivity index (χ3n) is 2.60. The van der Waals surface area contributed by atoms with E-state index in [-0.39, 0.29) is 18.2 Å². The molecule has 1 heterocycles. The van der Waals surface area contributed by atoms with Gasteiger partial charge in [-0.3, -0.25) is 4.79 Å². The van der Waals surface area contributed by atoms with E-state index in [2.05, 4.69) is 0 Å². The Labute approximate surface area is 99.3 Å². The second-order valence-corrected chi connectivity index (χ2v) is 4.08. The summed E-state index contributed by atoms with van der Waals surface area (Å²) in [5.74, 6) is 0.0517. The molecule has 0 radical (unpaired) electrons. The highest BCUT2D eigenvalue weighted by molar-refractivity contribution is 6.00. The first-order valence-electron chi connectivity index (χ1n) is 5.40. The highest BCUT2D eigenvalue weighted by atomic mass is 16.5. The molecule has 4 heteroatoms. The van der Waals surface area contributed by atoms with Gasteiger partial charge in [0.25, 0.3) is 0 Å². The summed E-state index contributed by atoms with van der Waals surface area (Å²) >= 11 is 0. The molecule has 0 saturated heterocycles. The van der Waals surface area contributed by atoms with Gasteiger partial charge in [-0.2, -0.15) is 0 Å². The number of ketones is 1. The van der Waals surface area contributed by atoms with Crippen LogP contribution in [0.4, 0.5) is 0 Å². The van der Waals surface area contributed by atoms with Crippen LogP contribution in [0.15, 0.2) is 28.7 Å². The van der Waals surface area contributed by atoms with Crippen LogP contribution >= 0.6 is 0 Å². The van der Waals surface area contributed by atoms with E-state index < -0.39 is 6.04 Å². The van der Waals surface area contributed by atoms with Crippen LogP contribution < -0.4 is 5.73 Å². The average Bonchev–Trinajstić information content (AvgIpc) is 2.71. The highest BCUT2D eigenvalue weighted by Gasteiger charge is 2.19. The summed E-state index contributed by atoms with van der Waals surface area (Å²) in [6, 6.07) is 6.80. The molecule has 90 valence electrons. The predicted molar refractivity (Wildman–Crippen MR) is 65.1 cm³/mol. The second kappa shape index (κ2) is 4.69. The molecule has 1 aromatic carbocycles. The summed E-state index contributed by atoms with van der Waals surface area (Å²) in [5.41, 5.74) is 7.50. The van der Waals surface area contributed by atoms with Crippen molar-refractivity contribution in [1.29, 1.82) is 0 Å². The number of carbonyl (C=O) groups excluding carboxylic acids is 1. The number of benzene rings is 1. The van der Waals surface area contributed by atoms with E-state index in [1.54, 1.807) is 6.07 Å². The van der Waals surface area contributed by atoms with Crippen molar-refractivity contribution in [2.24, 2.45) is 5.73 Å². The standard InChI is InChI=1S/C13H15NO3/c1-8-3-4-11-9(5-8)6-12(17-11)13(15)10(14)7-16-2/h3-6,10H,7,14H2,1-2H3. The second-order valence-electron chi connectivity index (χ2n) is 4.08. The van der Waals surface area contributed by atoms with Gasteiger partial charge in [0.1, 0.15) is 5.58 Å². The van der Waals surface area contributed by atoms with Crippen LogP contribution in [-0.2, 0) is 4.74 Å². The van der Waals surface area contributed by atoms with E-state index in [1.807, 2.05) is 25.1 Å². The molecule has 0 bridgehead atoms. The van der Waals surface area contributed by atoms with E-state index in [9.17, 15) is 4.79 Å². The molecular weight excluding hydrogens is 218 g/mol. The molecule has 17 heavy (non-hydrogen) atoms. The van der Waals surface area contributed by atoms with Crippen molar-refractivity contribution in [1.82, 2.24) is 0 Å². The number of nitrogens with two attached hydrogens (primary N) is 1. The summed E-state index contributed by atoms with van der Waals surface area (Å²) in [6.45, 7) is 2.18. The van der Waals surface area contributed by atoms with Crippen LogP contribution in [0.5, 0.6) is 0 Å². The van der Waals surface area contributed by atoms with E-state index >= 15 is 0 Å². The topological polar surface area (TPSA) is 65.5 Å². The third kappa shape index (κ3) is 2.38. The minimum absolute atomic E-state index is 0.189. The Morgan fingerprint density at radius 1 is 1.47 bits per heavy atom. The van der Waals surface area contributed by atoms with Crippen LogP contribution in [0.2, 0.25) is 0 Å². The number of hydrogen-bond donors (Lipinski definition) is 1. The molecule has 1 aromatic heterocycles. The molecule has 0 saturated carbocycles. The van der Waals surface area contributed by atoms with Gasteiger partial charge in [0, 0.05) is 12.5 Å². The Morgan fingerprint density at radius 3 is 2.94 bits per heavy atom. The molecule has 0 aliphatic carbocycles. The van der Waals surface area contributed by atoms with E-state index in [1.165, 1.54) is 7.11 Å². The molecule has 1 atom stereocenters. The van der Waals surface area contributed by atoms with Crippen LogP contribution in [0.25, 0.3) is 11.0 Å². The summed E-state index contributed by atoms with van der Waals surface area (Å²) in [6.07, 6.45) is 0. The summed E-state index contributed by atoms with van der Waals surface area (Å²) < 4.78 is 10.3. The first-order chi connectivity index (χ1) is 8.11. The molecule has 0 spiro atoms. The van der Waals surface area contributed by atoms with Crippen LogP contribution in [0, 0.1) is 6.92 Å². The molecule has 0 aliphatic rings. The summed E-state index contributed by atoms with van der Waals surface area (Å²) in [7, 11) is 1.51. The lowest BCUT2D eigenvalue weighted by atomic mass is 10.1. The monoisotopic (exact) mass is 233 g/mol. The number of rotatable bonds is 4. The number of hydrogen-bond acceptors (Lipinski definition) is 4. The first kappa shape index (κ1) is 11.8. The maximum atomic E-state index is 11.9. The van der Waals surface area contributed by atoms with Gasteiger partial charge in [0.2, 0.25) is 5.78 Å². The largest absolute Gasteiger partial charge is 0.453 e. The smallest absolute Gasteiger partial charge is 0.216 e. The Hall–Kier alpha value is -1.65. The van der Waals surface area contributed by atoms with Crippen molar-refractivity contribution in [3.63, 3.8) is 0 Å². The maximum absolute atomic E-state index is 11.9. The highest BCUT2D eigenvalue weighted by Crippen LogP contribution is 2.21. The fourth-order valence-electron chi connectivity index (χ4n) is 1.72. The molecule has 0 amide bonds. The Balaban J connectivity index is 2.33. The van der Waals surface area contributed by atoms with E-state index in [0.717, 1.165) is 10.9 Å². The number of carbonyl (C=O) groups is 1. The van der Waals surface area contributed by atoms with Crippen molar-refractivity contribution >= 4 is 16.8 Å². The van der Waals surface area contributed by atoms with Gasteiger partial charge in [-0.25, -0.2) is 0 Å². The van der Waals surface area contributed by atoms with Crippen molar-refractivity contribution in [2.75, 3.05) is 13.7 Å². The predicted octanol–water partition coefficient (Wildman–Crippen LogP) is 1.90. The lowest BCUT2D eigenvalue weighted by molar-refractivity contribution is 0.0867. The fraction of sp³-hybridized carbons (Fsp3) is 0.308. The molecule has 4 nitrogen and oxygen atoms in total.